The van der Waals surface area contributed by atoms with Crippen LogP contribution in [0.4, 0.5) is 0 Å². The molecule has 2 aromatic heterocycles. The van der Waals surface area contributed by atoms with E-state index in [1.807, 2.05) is 32.0 Å². The zero-order chi connectivity index (χ0) is 21.8. The lowest BCUT2D eigenvalue weighted by Gasteiger charge is -2.16. The summed E-state index contributed by atoms with van der Waals surface area (Å²) in [7, 11) is 3.96. The van der Waals surface area contributed by atoms with Gasteiger partial charge in [-0.15, -0.1) is 0 Å². The van der Waals surface area contributed by atoms with Gasteiger partial charge in [-0.25, -0.2) is 9.48 Å². The van der Waals surface area contributed by atoms with E-state index in [1.54, 1.807) is 13.9 Å². The van der Waals surface area contributed by atoms with Gasteiger partial charge in [0.15, 0.2) is 0 Å². The van der Waals surface area contributed by atoms with Crippen molar-refractivity contribution in [3.63, 3.8) is 0 Å². The molecule has 1 aliphatic rings. The van der Waals surface area contributed by atoms with E-state index in [-0.39, 0.29) is 17.6 Å². The maximum absolute atomic E-state index is 12.9. The van der Waals surface area contributed by atoms with Crippen LogP contribution >= 0.6 is 0 Å². The summed E-state index contributed by atoms with van der Waals surface area (Å²) in [6, 6.07) is 1.92. The zero-order valence-electron chi connectivity index (χ0n) is 18.9. The molecular weight excluding hydrogens is 382 g/mol. The predicted octanol–water partition coefficient (Wildman–Crippen LogP) is 1.16. The van der Waals surface area contributed by atoms with Crippen molar-refractivity contribution < 1.29 is 4.79 Å². The molecule has 3 heterocycles. The number of aryl methyl sites for hydroxylation is 2. The normalized spacial score (nSPS) is 16.7. The van der Waals surface area contributed by atoms with Crippen LogP contribution in [0.15, 0.2) is 10.9 Å². The maximum atomic E-state index is 12.9. The molecule has 1 aliphatic heterocycles. The van der Waals surface area contributed by atoms with Crippen molar-refractivity contribution in [2.45, 2.75) is 72.1 Å². The van der Waals surface area contributed by atoms with Crippen LogP contribution in [0.5, 0.6) is 0 Å². The molecule has 1 unspecified atom stereocenters. The van der Waals surface area contributed by atoms with Crippen molar-refractivity contribution in [2.24, 2.45) is 5.92 Å². The largest absolute Gasteiger partial charge is 0.348 e. The van der Waals surface area contributed by atoms with Gasteiger partial charge in [0.2, 0.25) is 0 Å². The van der Waals surface area contributed by atoms with Crippen molar-refractivity contribution in [2.75, 3.05) is 20.6 Å². The number of hydrogen-bond acceptors (Lipinski definition) is 5. The van der Waals surface area contributed by atoms with Gasteiger partial charge in [0.25, 0.3) is 5.91 Å². The van der Waals surface area contributed by atoms with Crippen LogP contribution in [0.1, 0.15) is 55.6 Å². The fourth-order valence-electron chi connectivity index (χ4n) is 3.88. The van der Waals surface area contributed by atoms with Gasteiger partial charge in [-0.2, -0.15) is 10.2 Å². The van der Waals surface area contributed by atoms with Crippen LogP contribution in [-0.2, 0) is 32.5 Å². The maximum Gasteiger partial charge on any atom is 0.345 e. The van der Waals surface area contributed by atoms with Crippen molar-refractivity contribution in [1.29, 1.82) is 0 Å². The van der Waals surface area contributed by atoms with E-state index in [2.05, 4.69) is 29.4 Å². The zero-order valence-corrected chi connectivity index (χ0v) is 18.9. The molecule has 0 saturated heterocycles. The Morgan fingerprint density at radius 3 is 2.70 bits per heavy atom. The minimum Gasteiger partial charge on any atom is -0.348 e. The van der Waals surface area contributed by atoms with E-state index in [4.69, 9.17) is 0 Å². The highest BCUT2D eigenvalue weighted by Crippen LogP contribution is 2.14. The molecule has 3 rings (SSSR count). The van der Waals surface area contributed by atoms with Gasteiger partial charge in [0.1, 0.15) is 11.5 Å². The van der Waals surface area contributed by atoms with Crippen molar-refractivity contribution >= 4 is 5.91 Å². The number of rotatable bonds is 8. The molecule has 0 aromatic carbocycles. The van der Waals surface area contributed by atoms with E-state index in [1.165, 1.54) is 0 Å². The minimum atomic E-state index is -0.0905. The van der Waals surface area contributed by atoms with Crippen molar-refractivity contribution in [3.05, 3.63) is 33.8 Å². The number of nitrogens with zero attached hydrogens (tertiary/aromatic N) is 6. The third-order valence-electron chi connectivity index (χ3n) is 5.49. The van der Waals surface area contributed by atoms with Crippen LogP contribution < -0.4 is 11.0 Å². The first-order chi connectivity index (χ1) is 14.3. The first-order valence-corrected chi connectivity index (χ1v) is 11.0. The van der Waals surface area contributed by atoms with E-state index in [0.717, 1.165) is 37.3 Å². The Morgan fingerprint density at radius 1 is 1.27 bits per heavy atom. The van der Waals surface area contributed by atoms with Crippen LogP contribution in [0, 0.1) is 5.92 Å². The molecule has 0 fully saturated rings. The van der Waals surface area contributed by atoms with Crippen LogP contribution in [-0.4, -0.2) is 61.6 Å². The topological polar surface area (TPSA) is 90.0 Å². The summed E-state index contributed by atoms with van der Waals surface area (Å²) in [5.41, 5.74) is 1.51. The highest BCUT2D eigenvalue weighted by molar-refractivity contribution is 5.92. The molecule has 9 nitrogen and oxygen atoms in total. The third kappa shape index (κ3) is 5.19. The molecule has 9 heteroatoms. The average Bonchev–Trinajstić information content (AvgIpc) is 3.15. The van der Waals surface area contributed by atoms with Gasteiger partial charge in [-0.1, -0.05) is 13.8 Å². The highest BCUT2D eigenvalue weighted by atomic mass is 16.2. The van der Waals surface area contributed by atoms with E-state index >= 15 is 0 Å². The summed E-state index contributed by atoms with van der Waals surface area (Å²) in [4.78, 5) is 27.6. The second-order valence-corrected chi connectivity index (χ2v) is 8.81. The molecule has 0 radical (unpaired) electrons. The molecule has 0 saturated carbocycles. The summed E-state index contributed by atoms with van der Waals surface area (Å²) in [5.74, 6) is 1.22. The number of hydrogen-bond donors (Lipinski definition) is 1. The second kappa shape index (κ2) is 9.59. The van der Waals surface area contributed by atoms with Gasteiger partial charge in [0, 0.05) is 32.1 Å². The standard InChI is InChI=1S/C21H35N7O2/c1-6-27-18(14-17(23-27)13-15(2)3)20(29)22-16-7-8-19-24-28(12-11-25(4)5)21(30)26(19)10-9-16/h14-16H,6-13H2,1-5H3,(H,22,29). The number of amides is 1. The summed E-state index contributed by atoms with van der Waals surface area (Å²) in [6.45, 7) is 8.89. The summed E-state index contributed by atoms with van der Waals surface area (Å²) < 4.78 is 5.10. The number of nitrogens with one attached hydrogen (secondary N) is 1. The molecule has 0 bridgehead atoms. The predicted molar refractivity (Wildman–Crippen MR) is 116 cm³/mol. The average molecular weight is 418 g/mol. The second-order valence-electron chi connectivity index (χ2n) is 8.81. The van der Waals surface area contributed by atoms with Gasteiger partial charge in [-0.05, 0) is 52.3 Å². The summed E-state index contributed by atoms with van der Waals surface area (Å²) >= 11 is 0. The Kier molecular flexibility index (Phi) is 7.12. The number of fused-ring (bicyclic) bond motifs is 1. The van der Waals surface area contributed by atoms with Gasteiger partial charge in [0.05, 0.1) is 12.2 Å². The number of likely N-dealkylation sites (N-methyl/N-ethyl adjacent to an activating group) is 1. The minimum absolute atomic E-state index is 0.0163. The lowest BCUT2D eigenvalue weighted by molar-refractivity contribution is 0.0922. The number of aromatic nitrogens is 5. The molecule has 2 aromatic rings. The molecule has 30 heavy (non-hydrogen) atoms. The fraction of sp³-hybridized carbons (Fsp3) is 0.714. The lowest BCUT2D eigenvalue weighted by Crippen LogP contribution is -2.37. The van der Waals surface area contributed by atoms with E-state index in [9.17, 15) is 9.59 Å². The summed E-state index contributed by atoms with van der Waals surface area (Å²) in [6.07, 6.45) is 3.03. The SMILES string of the molecule is CCn1nc(CC(C)C)cc1C(=O)NC1CCc2nn(CCN(C)C)c(=O)n2CC1. The van der Waals surface area contributed by atoms with Crippen molar-refractivity contribution in [1.82, 2.24) is 34.3 Å². The van der Waals surface area contributed by atoms with Gasteiger partial charge in [-0.3, -0.25) is 14.0 Å². The Morgan fingerprint density at radius 2 is 2.03 bits per heavy atom. The Balaban J connectivity index is 1.64. The van der Waals surface area contributed by atoms with Crippen LogP contribution in [0.3, 0.4) is 0 Å². The first kappa shape index (κ1) is 22.3. The smallest absolute Gasteiger partial charge is 0.345 e. The Labute approximate surface area is 178 Å². The highest BCUT2D eigenvalue weighted by Gasteiger charge is 2.24. The monoisotopic (exact) mass is 417 g/mol. The quantitative estimate of drug-likeness (QED) is 0.696. The van der Waals surface area contributed by atoms with Gasteiger partial charge >= 0.3 is 5.69 Å². The van der Waals surface area contributed by atoms with Gasteiger partial charge < -0.3 is 10.2 Å². The lowest BCUT2D eigenvalue weighted by atomic mass is 10.1. The number of carbonyl (C=O) groups excluding carboxylic acids is 1. The molecule has 1 amide bonds. The molecular formula is C21H35N7O2. The Hall–Kier alpha value is -2.42. The molecule has 1 N–H and O–H groups in total. The summed E-state index contributed by atoms with van der Waals surface area (Å²) in [5, 5.41) is 12.3. The van der Waals surface area contributed by atoms with Crippen LogP contribution in [0.25, 0.3) is 0 Å². The fourth-order valence-corrected chi connectivity index (χ4v) is 3.88. The molecule has 1 atom stereocenters. The number of carbonyl (C=O) groups is 1. The van der Waals surface area contributed by atoms with Crippen molar-refractivity contribution in [3.8, 4) is 0 Å². The first-order valence-electron chi connectivity index (χ1n) is 11.0. The third-order valence-corrected chi connectivity index (χ3v) is 5.49. The van der Waals surface area contributed by atoms with E-state index in [0.29, 0.717) is 37.7 Å². The Bertz CT molecular complexity index is 922. The molecule has 166 valence electrons. The van der Waals surface area contributed by atoms with Crippen LogP contribution in [0.2, 0.25) is 0 Å². The molecule has 0 spiro atoms. The van der Waals surface area contributed by atoms with E-state index < -0.39 is 0 Å². The molecule has 0 aliphatic carbocycles.